The lowest BCUT2D eigenvalue weighted by Crippen LogP contribution is -2.37. The van der Waals surface area contributed by atoms with Gasteiger partial charge in [0.15, 0.2) is 0 Å². The van der Waals surface area contributed by atoms with Crippen LogP contribution >= 0.6 is 0 Å². The lowest BCUT2D eigenvalue weighted by atomic mass is 9.92. The van der Waals surface area contributed by atoms with Gasteiger partial charge in [-0.15, -0.1) is 0 Å². The zero-order chi connectivity index (χ0) is 7.40. The van der Waals surface area contributed by atoms with Crippen LogP contribution in [0.4, 0.5) is 0 Å². The van der Waals surface area contributed by atoms with Crippen molar-refractivity contribution in [2.45, 2.75) is 25.0 Å². The number of aliphatic hydroxyl groups is 2. The van der Waals surface area contributed by atoms with Crippen molar-refractivity contribution in [2.75, 3.05) is 13.6 Å². The van der Waals surface area contributed by atoms with E-state index in [4.69, 9.17) is 19.7 Å². The quantitative estimate of drug-likeness (QED) is 0.525. The minimum atomic E-state index is -0.226. The Morgan fingerprint density at radius 2 is 1.40 bits per heavy atom. The summed E-state index contributed by atoms with van der Waals surface area (Å²) in [5.41, 5.74) is 0. The van der Waals surface area contributed by atoms with Crippen LogP contribution in [0.5, 0.6) is 0 Å². The van der Waals surface area contributed by atoms with E-state index in [1.165, 1.54) is 0 Å². The first-order valence-corrected chi connectivity index (χ1v) is 3.31. The van der Waals surface area contributed by atoms with Crippen molar-refractivity contribution >= 4 is 0 Å². The molecule has 0 aromatic rings. The Labute approximate surface area is 59.4 Å². The first kappa shape index (κ1) is 7.94. The Balaban J connectivity index is 1.95. The Morgan fingerprint density at radius 1 is 1.00 bits per heavy atom. The first-order valence-electron chi connectivity index (χ1n) is 3.31. The van der Waals surface area contributed by atoms with Crippen molar-refractivity contribution in [2.24, 2.45) is 0 Å². The Hall–Kier alpha value is -0.160. The third-order valence-electron chi connectivity index (χ3n) is 1.67. The summed E-state index contributed by atoms with van der Waals surface area (Å²) in [7, 11) is 0. The fourth-order valence-electron chi connectivity index (χ4n) is 1.00. The molecule has 0 aliphatic heterocycles. The summed E-state index contributed by atoms with van der Waals surface area (Å²) >= 11 is 0. The predicted molar refractivity (Wildman–Crippen MR) is 33.2 cm³/mol. The van der Waals surface area contributed by atoms with E-state index < -0.39 is 0 Å². The third-order valence-corrected chi connectivity index (χ3v) is 1.67. The molecule has 0 amide bonds. The van der Waals surface area contributed by atoms with Crippen LogP contribution in [-0.2, 0) is 9.47 Å². The molecule has 1 fully saturated rings. The molecule has 4 heteroatoms. The van der Waals surface area contributed by atoms with Crippen LogP contribution in [0.3, 0.4) is 0 Å². The van der Waals surface area contributed by atoms with Gasteiger partial charge in [-0.3, -0.25) is 0 Å². The van der Waals surface area contributed by atoms with Gasteiger partial charge in [0.1, 0.15) is 13.6 Å². The van der Waals surface area contributed by atoms with E-state index >= 15 is 0 Å². The molecule has 2 N–H and O–H groups in total. The molecule has 0 atom stereocenters. The Bertz CT molecular complexity index is 79.7. The molecule has 1 rings (SSSR count). The second-order valence-corrected chi connectivity index (χ2v) is 2.31. The average Bonchev–Trinajstić information content (AvgIpc) is 1.84. The maximum atomic E-state index is 8.31. The molecule has 0 spiro atoms. The van der Waals surface area contributed by atoms with E-state index in [0.717, 1.165) is 12.8 Å². The molecule has 60 valence electrons. The maximum Gasteiger partial charge on any atom is 0.143 e. The fourth-order valence-corrected chi connectivity index (χ4v) is 1.00. The second kappa shape index (κ2) is 3.88. The number of ether oxygens (including phenoxy) is 2. The van der Waals surface area contributed by atoms with Crippen LogP contribution < -0.4 is 0 Å². The topological polar surface area (TPSA) is 58.9 Å². The van der Waals surface area contributed by atoms with Crippen LogP contribution in [0.1, 0.15) is 12.8 Å². The summed E-state index contributed by atoms with van der Waals surface area (Å²) in [6.45, 7) is -0.451. The molecule has 0 bridgehead atoms. The molecule has 0 aromatic heterocycles. The highest BCUT2D eigenvalue weighted by atomic mass is 16.6. The van der Waals surface area contributed by atoms with Gasteiger partial charge in [0.25, 0.3) is 0 Å². The fraction of sp³-hybridized carbons (Fsp3) is 1.00. The third kappa shape index (κ3) is 1.91. The van der Waals surface area contributed by atoms with Gasteiger partial charge >= 0.3 is 0 Å². The van der Waals surface area contributed by atoms with E-state index in [1.54, 1.807) is 0 Å². The van der Waals surface area contributed by atoms with Crippen LogP contribution in [0.2, 0.25) is 0 Å². The molecule has 0 heterocycles. The summed E-state index contributed by atoms with van der Waals surface area (Å²) in [6, 6.07) is 0. The van der Waals surface area contributed by atoms with E-state index in [2.05, 4.69) is 0 Å². The van der Waals surface area contributed by atoms with Crippen LogP contribution in [0, 0.1) is 0 Å². The zero-order valence-corrected chi connectivity index (χ0v) is 5.69. The zero-order valence-electron chi connectivity index (χ0n) is 5.69. The smallest absolute Gasteiger partial charge is 0.143 e. The van der Waals surface area contributed by atoms with Crippen molar-refractivity contribution in [1.29, 1.82) is 0 Å². The minimum Gasteiger partial charge on any atom is -0.371 e. The Morgan fingerprint density at radius 3 is 1.70 bits per heavy atom. The van der Waals surface area contributed by atoms with Gasteiger partial charge in [-0.2, -0.15) is 0 Å². The van der Waals surface area contributed by atoms with Gasteiger partial charge in [0, 0.05) is 12.8 Å². The molecule has 0 aromatic carbocycles. The number of hydrogen-bond donors (Lipinski definition) is 2. The highest BCUT2D eigenvalue weighted by Crippen LogP contribution is 2.25. The summed E-state index contributed by atoms with van der Waals surface area (Å²) in [5.74, 6) is 0. The SMILES string of the molecule is OCOC1CC(OCO)C1. The molecule has 4 nitrogen and oxygen atoms in total. The summed E-state index contributed by atoms with van der Waals surface area (Å²) in [4.78, 5) is 0. The number of rotatable bonds is 4. The molecule has 1 saturated carbocycles. The highest BCUT2D eigenvalue weighted by Gasteiger charge is 2.30. The summed E-state index contributed by atoms with van der Waals surface area (Å²) in [5, 5.41) is 16.6. The summed E-state index contributed by atoms with van der Waals surface area (Å²) in [6.07, 6.45) is 1.81. The van der Waals surface area contributed by atoms with E-state index in [-0.39, 0.29) is 25.8 Å². The van der Waals surface area contributed by atoms with Gasteiger partial charge < -0.3 is 19.7 Å². The van der Waals surface area contributed by atoms with E-state index in [0.29, 0.717) is 0 Å². The van der Waals surface area contributed by atoms with Crippen molar-refractivity contribution in [3.05, 3.63) is 0 Å². The number of aliphatic hydroxyl groups excluding tert-OH is 2. The van der Waals surface area contributed by atoms with Gasteiger partial charge in [-0.25, -0.2) is 0 Å². The minimum absolute atomic E-state index is 0.126. The van der Waals surface area contributed by atoms with Gasteiger partial charge in [-0.1, -0.05) is 0 Å². The normalized spacial score (nSPS) is 31.8. The molecular formula is C6H12O4. The molecule has 10 heavy (non-hydrogen) atoms. The van der Waals surface area contributed by atoms with Gasteiger partial charge in [0.2, 0.25) is 0 Å². The average molecular weight is 148 g/mol. The van der Waals surface area contributed by atoms with Gasteiger partial charge in [0.05, 0.1) is 12.2 Å². The highest BCUT2D eigenvalue weighted by molar-refractivity contribution is 4.80. The number of hydrogen-bond acceptors (Lipinski definition) is 4. The van der Waals surface area contributed by atoms with Gasteiger partial charge in [-0.05, 0) is 0 Å². The predicted octanol–water partition coefficient (Wildman–Crippen LogP) is -0.550. The monoisotopic (exact) mass is 148 g/mol. The first-order chi connectivity index (χ1) is 4.86. The standard InChI is InChI=1S/C6H12O4/c7-3-9-5-1-6(2-5)10-4-8/h5-8H,1-4H2. The molecule has 0 unspecified atom stereocenters. The second-order valence-electron chi connectivity index (χ2n) is 2.31. The summed E-state index contributed by atoms with van der Waals surface area (Å²) < 4.78 is 9.70. The molecule has 0 saturated heterocycles. The Kier molecular flexibility index (Phi) is 3.08. The van der Waals surface area contributed by atoms with Crippen molar-refractivity contribution < 1.29 is 19.7 Å². The maximum absolute atomic E-state index is 8.31. The molecule has 1 aliphatic rings. The lowest BCUT2D eigenvalue weighted by molar-refractivity contribution is -0.159. The van der Waals surface area contributed by atoms with Crippen LogP contribution in [-0.4, -0.2) is 36.0 Å². The van der Waals surface area contributed by atoms with Crippen LogP contribution in [0.15, 0.2) is 0 Å². The lowest BCUT2D eigenvalue weighted by Gasteiger charge is -2.33. The van der Waals surface area contributed by atoms with Crippen molar-refractivity contribution in [1.82, 2.24) is 0 Å². The largest absolute Gasteiger partial charge is 0.371 e. The van der Waals surface area contributed by atoms with Crippen molar-refractivity contribution in [3.8, 4) is 0 Å². The van der Waals surface area contributed by atoms with E-state index in [1.807, 2.05) is 0 Å². The van der Waals surface area contributed by atoms with Crippen molar-refractivity contribution in [3.63, 3.8) is 0 Å². The van der Waals surface area contributed by atoms with Crippen LogP contribution in [0.25, 0.3) is 0 Å². The molecule has 0 radical (unpaired) electrons. The molecule has 1 aliphatic carbocycles. The molecular weight excluding hydrogens is 136 g/mol. The van der Waals surface area contributed by atoms with E-state index in [9.17, 15) is 0 Å².